The lowest BCUT2D eigenvalue weighted by Crippen LogP contribution is -2.16. The second kappa shape index (κ2) is 3.38. The summed E-state index contributed by atoms with van der Waals surface area (Å²) >= 11 is 0. The van der Waals surface area contributed by atoms with Crippen LogP contribution in [-0.2, 0) is 0 Å². The highest BCUT2D eigenvalue weighted by atomic mass is 16.1. The molecule has 80 valence electrons. The first-order valence-corrected chi connectivity index (χ1v) is 4.79. The molecule has 6 nitrogen and oxygen atoms in total. The average Bonchev–Trinajstić information content (AvgIpc) is 2.46. The van der Waals surface area contributed by atoms with Gasteiger partial charge in [0.1, 0.15) is 11.6 Å². The Balaban J connectivity index is 2.58. The molecule has 2 rings (SSSR count). The van der Waals surface area contributed by atoms with Crippen molar-refractivity contribution < 1.29 is 0 Å². The number of nitrogens with one attached hydrogen (secondary N) is 2. The van der Waals surface area contributed by atoms with E-state index in [4.69, 9.17) is 0 Å². The van der Waals surface area contributed by atoms with E-state index in [1.165, 1.54) is 4.40 Å². The number of aromatic amines is 1. The maximum atomic E-state index is 11.3. The molecule has 0 aliphatic carbocycles. The number of H-pyrrole nitrogens is 1. The molecule has 2 N–H and O–H groups in total. The second-order valence-electron chi connectivity index (χ2n) is 3.71. The fraction of sp³-hybridized carbons (Fsp3) is 0.444. The zero-order chi connectivity index (χ0) is 11.0. The summed E-state index contributed by atoms with van der Waals surface area (Å²) in [7, 11) is 0. The molecule has 0 aromatic carbocycles. The van der Waals surface area contributed by atoms with Gasteiger partial charge in [-0.25, -0.2) is 19.3 Å². The highest BCUT2D eigenvalue weighted by Crippen LogP contribution is 2.08. The summed E-state index contributed by atoms with van der Waals surface area (Å²) in [5.41, 5.74) is 0.321. The normalized spacial score (nSPS) is 11.2. The topological polar surface area (TPSA) is 75.1 Å². The first-order chi connectivity index (χ1) is 7.08. The van der Waals surface area contributed by atoms with Crippen LogP contribution in [0, 0.1) is 6.92 Å². The van der Waals surface area contributed by atoms with Gasteiger partial charge in [0.05, 0.1) is 0 Å². The summed E-state index contributed by atoms with van der Waals surface area (Å²) < 4.78 is 1.44. The predicted octanol–water partition coefficient (Wildman–Crippen LogP) is 0.546. The minimum Gasteiger partial charge on any atom is -0.368 e. The monoisotopic (exact) mass is 207 g/mol. The second-order valence-corrected chi connectivity index (χ2v) is 3.71. The molecule has 6 heteroatoms. The predicted molar refractivity (Wildman–Crippen MR) is 57.1 cm³/mol. The molecule has 0 unspecified atom stereocenters. The summed E-state index contributed by atoms with van der Waals surface area (Å²) in [6.07, 6.45) is 0. The Kier molecular flexibility index (Phi) is 2.18. The average molecular weight is 207 g/mol. The largest absolute Gasteiger partial charge is 0.368 e. The highest BCUT2D eigenvalue weighted by molar-refractivity contribution is 5.49. The van der Waals surface area contributed by atoms with E-state index in [9.17, 15) is 4.79 Å². The third kappa shape index (κ3) is 1.70. The lowest BCUT2D eigenvalue weighted by molar-refractivity contribution is 0.871. The zero-order valence-electron chi connectivity index (χ0n) is 8.90. The van der Waals surface area contributed by atoms with Crippen LogP contribution in [-0.4, -0.2) is 25.6 Å². The molecular weight excluding hydrogens is 194 g/mol. The van der Waals surface area contributed by atoms with Crippen molar-refractivity contribution in [3.63, 3.8) is 0 Å². The van der Waals surface area contributed by atoms with Crippen molar-refractivity contribution >= 4 is 11.5 Å². The Morgan fingerprint density at radius 1 is 1.53 bits per heavy atom. The highest BCUT2D eigenvalue weighted by Gasteiger charge is 2.06. The number of nitrogens with zero attached hydrogens (tertiary/aromatic N) is 3. The van der Waals surface area contributed by atoms with Crippen LogP contribution in [0.1, 0.15) is 19.7 Å². The van der Waals surface area contributed by atoms with Gasteiger partial charge in [-0.2, -0.15) is 5.10 Å². The first kappa shape index (κ1) is 9.70. The molecule has 0 fully saturated rings. The molecule has 0 saturated carbocycles. The van der Waals surface area contributed by atoms with Gasteiger partial charge in [0.25, 0.3) is 0 Å². The molecule has 15 heavy (non-hydrogen) atoms. The first-order valence-electron chi connectivity index (χ1n) is 4.79. The van der Waals surface area contributed by atoms with Gasteiger partial charge in [0.2, 0.25) is 0 Å². The molecular formula is C9H13N5O. The van der Waals surface area contributed by atoms with Gasteiger partial charge < -0.3 is 5.32 Å². The van der Waals surface area contributed by atoms with Crippen molar-refractivity contribution in [2.45, 2.75) is 26.8 Å². The van der Waals surface area contributed by atoms with Crippen molar-refractivity contribution in [3.8, 4) is 0 Å². The number of fused-ring (bicyclic) bond motifs is 1. The van der Waals surface area contributed by atoms with E-state index >= 15 is 0 Å². The van der Waals surface area contributed by atoms with E-state index in [1.54, 1.807) is 13.0 Å². The van der Waals surface area contributed by atoms with Crippen molar-refractivity contribution in [1.29, 1.82) is 0 Å². The fourth-order valence-corrected chi connectivity index (χ4v) is 1.47. The maximum absolute atomic E-state index is 11.3. The van der Waals surface area contributed by atoms with Gasteiger partial charge in [-0.1, -0.05) is 0 Å². The minimum absolute atomic E-state index is 0.258. The van der Waals surface area contributed by atoms with Crippen LogP contribution in [0.2, 0.25) is 0 Å². The summed E-state index contributed by atoms with van der Waals surface area (Å²) in [5.74, 6) is 1.35. The number of hydrogen-bond donors (Lipinski definition) is 2. The number of hydrogen-bond acceptors (Lipinski definition) is 4. The van der Waals surface area contributed by atoms with Crippen molar-refractivity contribution in [2.24, 2.45) is 0 Å². The van der Waals surface area contributed by atoms with Crippen molar-refractivity contribution in [1.82, 2.24) is 19.6 Å². The molecule has 0 radical (unpaired) electrons. The molecule has 0 aliphatic heterocycles. The Morgan fingerprint density at radius 2 is 2.27 bits per heavy atom. The Labute approximate surface area is 86.3 Å². The molecule has 2 aromatic rings. The number of rotatable bonds is 2. The van der Waals surface area contributed by atoms with Gasteiger partial charge in [0.15, 0.2) is 5.65 Å². The van der Waals surface area contributed by atoms with E-state index in [0.29, 0.717) is 17.5 Å². The number of anilines is 1. The molecule has 0 saturated heterocycles. The van der Waals surface area contributed by atoms with Crippen molar-refractivity contribution in [3.05, 3.63) is 22.4 Å². The Hall–Kier alpha value is -1.85. The standard InChI is InChI=1S/C9H13N5O/c1-5(2)10-7-4-8-12-13-9(15)14(8)6(3)11-7/h4-5,10H,1-3H3,(H,13,15). The van der Waals surface area contributed by atoms with E-state index in [0.717, 1.165) is 5.82 Å². The van der Waals surface area contributed by atoms with E-state index in [-0.39, 0.29) is 5.69 Å². The quantitative estimate of drug-likeness (QED) is 0.754. The lowest BCUT2D eigenvalue weighted by Gasteiger charge is -2.09. The zero-order valence-corrected chi connectivity index (χ0v) is 8.90. The molecule has 0 aliphatic rings. The van der Waals surface area contributed by atoms with Gasteiger partial charge in [0, 0.05) is 12.1 Å². The molecule has 2 aromatic heterocycles. The van der Waals surface area contributed by atoms with Gasteiger partial charge >= 0.3 is 5.69 Å². The SMILES string of the molecule is Cc1nc(NC(C)C)cc2n[nH]c(=O)n12. The summed E-state index contributed by atoms with van der Waals surface area (Å²) in [5, 5.41) is 9.45. The van der Waals surface area contributed by atoms with E-state index < -0.39 is 0 Å². The summed E-state index contributed by atoms with van der Waals surface area (Å²) in [6.45, 7) is 5.82. The molecule has 0 amide bonds. The van der Waals surface area contributed by atoms with Gasteiger partial charge in [-0.05, 0) is 20.8 Å². The van der Waals surface area contributed by atoms with Crippen LogP contribution in [0.4, 0.5) is 5.82 Å². The van der Waals surface area contributed by atoms with Crippen molar-refractivity contribution in [2.75, 3.05) is 5.32 Å². The third-order valence-electron chi connectivity index (χ3n) is 2.01. The van der Waals surface area contributed by atoms with Gasteiger partial charge in [-0.3, -0.25) is 0 Å². The Morgan fingerprint density at radius 3 is 2.93 bits per heavy atom. The minimum atomic E-state index is -0.258. The fourth-order valence-electron chi connectivity index (χ4n) is 1.47. The van der Waals surface area contributed by atoms with Crippen LogP contribution < -0.4 is 11.0 Å². The Bertz CT molecular complexity index is 539. The van der Waals surface area contributed by atoms with E-state index in [1.807, 2.05) is 13.8 Å². The maximum Gasteiger partial charge on any atom is 0.349 e. The number of aromatic nitrogens is 4. The number of aryl methyl sites for hydroxylation is 1. The summed E-state index contributed by atoms with van der Waals surface area (Å²) in [6, 6.07) is 2.04. The van der Waals surface area contributed by atoms with E-state index in [2.05, 4.69) is 20.5 Å². The van der Waals surface area contributed by atoms with Crippen LogP contribution in [0.25, 0.3) is 5.65 Å². The lowest BCUT2D eigenvalue weighted by atomic mass is 10.4. The molecule has 0 spiro atoms. The molecule has 0 bridgehead atoms. The van der Waals surface area contributed by atoms with Gasteiger partial charge in [-0.15, -0.1) is 0 Å². The third-order valence-corrected chi connectivity index (χ3v) is 2.01. The van der Waals surface area contributed by atoms with Crippen LogP contribution in [0.15, 0.2) is 10.9 Å². The summed E-state index contributed by atoms with van der Waals surface area (Å²) in [4.78, 5) is 15.6. The van der Waals surface area contributed by atoms with Crippen LogP contribution >= 0.6 is 0 Å². The van der Waals surface area contributed by atoms with Crippen LogP contribution in [0.5, 0.6) is 0 Å². The molecule has 0 atom stereocenters. The molecule has 2 heterocycles. The van der Waals surface area contributed by atoms with Crippen LogP contribution in [0.3, 0.4) is 0 Å². The smallest absolute Gasteiger partial charge is 0.349 e.